The van der Waals surface area contributed by atoms with Crippen LogP contribution in [0.15, 0.2) is 84.4 Å². The van der Waals surface area contributed by atoms with E-state index >= 15 is 0 Å². The monoisotopic (exact) mass is 446 g/mol. The lowest BCUT2D eigenvalue weighted by Crippen LogP contribution is -2.20. The van der Waals surface area contributed by atoms with Gasteiger partial charge < -0.3 is 9.47 Å². The standard InChI is InChI=1S/C29H31ClO2/c1-2-22-11-13-23(14-12-22)17-26-19-27(30)15-16-29(26)32-28-10-6-9-25(18-28)21-31-20-24-7-4-3-5-8-24/h3-5,7-8,11-16,18-19,28H,2,6,9-10,17,20-21H2,1H3. The smallest absolute Gasteiger partial charge is 0.123 e. The molecule has 0 saturated carbocycles. The number of hydrogen-bond donors (Lipinski definition) is 0. The second-order valence-electron chi connectivity index (χ2n) is 8.45. The third-order valence-electron chi connectivity index (χ3n) is 5.93. The van der Waals surface area contributed by atoms with Gasteiger partial charge in [0.2, 0.25) is 0 Å². The molecule has 0 spiro atoms. The minimum atomic E-state index is 0.0708. The van der Waals surface area contributed by atoms with Crippen molar-refractivity contribution in [2.45, 2.75) is 51.7 Å². The van der Waals surface area contributed by atoms with Crippen LogP contribution < -0.4 is 4.74 Å². The van der Waals surface area contributed by atoms with Crippen molar-refractivity contribution in [3.05, 3.63) is 112 Å². The molecule has 0 N–H and O–H groups in total. The predicted octanol–water partition coefficient (Wildman–Crippen LogP) is 7.57. The molecular formula is C29H31ClO2. The van der Waals surface area contributed by atoms with E-state index in [0.717, 1.165) is 48.4 Å². The van der Waals surface area contributed by atoms with E-state index in [-0.39, 0.29) is 6.10 Å². The van der Waals surface area contributed by atoms with Gasteiger partial charge in [-0.3, -0.25) is 0 Å². The highest BCUT2D eigenvalue weighted by Crippen LogP contribution is 2.29. The van der Waals surface area contributed by atoms with Crippen molar-refractivity contribution in [2.75, 3.05) is 6.61 Å². The maximum atomic E-state index is 6.46. The molecule has 0 saturated heterocycles. The molecule has 1 unspecified atom stereocenters. The van der Waals surface area contributed by atoms with Gasteiger partial charge in [0.15, 0.2) is 0 Å². The van der Waals surface area contributed by atoms with Crippen LogP contribution in [0.4, 0.5) is 0 Å². The maximum absolute atomic E-state index is 6.46. The summed E-state index contributed by atoms with van der Waals surface area (Å²) in [4.78, 5) is 0. The van der Waals surface area contributed by atoms with Crippen molar-refractivity contribution >= 4 is 11.6 Å². The predicted molar refractivity (Wildman–Crippen MR) is 133 cm³/mol. The van der Waals surface area contributed by atoms with Crippen LogP contribution in [0.1, 0.15) is 48.4 Å². The van der Waals surface area contributed by atoms with Gasteiger partial charge in [0.05, 0.1) is 13.2 Å². The van der Waals surface area contributed by atoms with Crippen LogP contribution in [-0.2, 0) is 24.2 Å². The van der Waals surface area contributed by atoms with Gasteiger partial charge in [-0.05, 0) is 72.2 Å². The lowest BCUT2D eigenvalue weighted by molar-refractivity contribution is 0.135. The lowest BCUT2D eigenvalue weighted by atomic mass is 9.97. The van der Waals surface area contributed by atoms with E-state index in [1.807, 2.05) is 36.4 Å². The summed E-state index contributed by atoms with van der Waals surface area (Å²) in [6.07, 6.45) is 7.40. The van der Waals surface area contributed by atoms with Crippen molar-refractivity contribution in [1.29, 1.82) is 0 Å². The molecule has 0 aromatic heterocycles. The molecule has 4 rings (SSSR count). The number of hydrogen-bond acceptors (Lipinski definition) is 2. The Balaban J connectivity index is 1.40. The number of ether oxygens (including phenoxy) is 2. The Bertz CT molecular complexity index is 1020. The van der Waals surface area contributed by atoms with Gasteiger partial charge in [-0.15, -0.1) is 0 Å². The Morgan fingerprint density at radius 2 is 1.66 bits per heavy atom. The van der Waals surface area contributed by atoms with Crippen molar-refractivity contribution in [3.8, 4) is 5.75 Å². The topological polar surface area (TPSA) is 18.5 Å². The summed E-state index contributed by atoms with van der Waals surface area (Å²) in [7, 11) is 0. The van der Waals surface area contributed by atoms with Gasteiger partial charge in [0.1, 0.15) is 11.9 Å². The Morgan fingerprint density at radius 3 is 2.44 bits per heavy atom. The number of halogens is 1. The van der Waals surface area contributed by atoms with Crippen LogP contribution in [-0.4, -0.2) is 12.7 Å². The second kappa shape index (κ2) is 11.4. The molecule has 0 amide bonds. The number of aryl methyl sites for hydroxylation is 1. The van der Waals surface area contributed by atoms with Crippen LogP contribution in [0.25, 0.3) is 0 Å². The SMILES string of the molecule is CCc1ccc(Cc2cc(Cl)ccc2OC2C=C(COCc3ccccc3)CCC2)cc1. The minimum absolute atomic E-state index is 0.0708. The van der Waals surface area contributed by atoms with E-state index in [0.29, 0.717) is 13.2 Å². The average Bonchev–Trinajstić information content (AvgIpc) is 2.82. The molecule has 1 aliphatic rings. The first-order valence-electron chi connectivity index (χ1n) is 11.5. The van der Waals surface area contributed by atoms with Gasteiger partial charge >= 0.3 is 0 Å². The van der Waals surface area contributed by atoms with E-state index in [4.69, 9.17) is 21.1 Å². The zero-order valence-corrected chi connectivity index (χ0v) is 19.5. The van der Waals surface area contributed by atoms with Crippen molar-refractivity contribution in [1.82, 2.24) is 0 Å². The summed E-state index contributed by atoms with van der Waals surface area (Å²) in [6.45, 7) is 3.48. The molecule has 0 fully saturated rings. The average molecular weight is 447 g/mol. The highest BCUT2D eigenvalue weighted by atomic mass is 35.5. The molecule has 3 heteroatoms. The highest BCUT2D eigenvalue weighted by Gasteiger charge is 2.17. The summed E-state index contributed by atoms with van der Waals surface area (Å²) < 4.78 is 12.4. The first-order valence-corrected chi connectivity index (χ1v) is 11.9. The van der Waals surface area contributed by atoms with Crippen molar-refractivity contribution in [3.63, 3.8) is 0 Å². The summed E-state index contributed by atoms with van der Waals surface area (Å²) in [5.41, 5.74) is 6.27. The fraction of sp³-hybridized carbons (Fsp3) is 0.310. The quantitative estimate of drug-likeness (QED) is 0.315. The molecule has 3 aromatic carbocycles. The molecule has 3 aromatic rings. The largest absolute Gasteiger partial charge is 0.486 e. The third-order valence-corrected chi connectivity index (χ3v) is 6.17. The third kappa shape index (κ3) is 6.48. The molecule has 0 bridgehead atoms. The lowest BCUT2D eigenvalue weighted by Gasteiger charge is -2.24. The van der Waals surface area contributed by atoms with Gasteiger partial charge in [-0.25, -0.2) is 0 Å². The highest BCUT2D eigenvalue weighted by molar-refractivity contribution is 6.30. The summed E-state index contributed by atoms with van der Waals surface area (Å²) >= 11 is 6.32. The first-order chi connectivity index (χ1) is 15.7. The summed E-state index contributed by atoms with van der Waals surface area (Å²) in [5.74, 6) is 0.918. The molecular weight excluding hydrogens is 416 g/mol. The molecule has 2 nitrogen and oxygen atoms in total. The van der Waals surface area contributed by atoms with E-state index in [1.54, 1.807) is 0 Å². The normalized spacial score (nSPS) is 15.9. The molecule has 166 valence electrons. The molecule has 0 aliphatic heterocycles. The zero-order valence-electron chi connectivity index (χ0n) is 18.7. The van der Waals surface area contributed by atoms with Crippen LogP contribution in [0.2, 0.25) is 5.02 Å². The van der Waals surface area contributed by atoms with Crippen LogP contribution in [0, 0.1) is 0 Å². The Kier molecular flexibility index (Phi) is 8.03. The maximum Gasteiger partial charge on any atom is 0.123 e. The molecule has 1 atom stereocenters. The second-order valence-corrected chi connectivity index (χ2v) is 8.89. The Labute approximate surface area is 196 Å². The van der Waals surface area contributed by atoms with Crippen LogP contribution in [0.5, 0.6) is 5.75 Å². The van der Waals surface area contributed by atoms with Gasteiger partial charge in [0.25, 0.3) is 0 Å². The molecule has 0 radical (unpaired) electrons. The van der Waals surface area contributed by atoms with E-state index in [9.17, 15) is 0 Å². The molecule has 1 aliphatic carbocycles. The van der Waals surface area contributed by atoms with Crippen molar-refractivity contribution in [2.24, 2.45) is 0 Å². The van der Waals surface area contributed by atoms with Crippen LogP contribution >= 0.6 is 11.6 Å². The number of benzene rings is 3. The summed E-state index contributed by atoms with van der Waals surface area (Å²) in [6, 6.07) is 25.1. The molecule has 32 heavy (non-hydrogen) atoms. The number of rotatable bonds is 9. The van der Waals surface area contributed by atoms with Gasteiger partial charge in [-0.2, -0.15) is 0 Å². The fourth-order valence-electron chi connectivity index (χ4n) is 4.12. The van der Waals surface area contributed by atoms with Crippen LogP contribution in [0.3, 0.4) is 0 Å². The fourth-order valence-corrected chi connectivity index (χ4v) is 4.32. The summed E-state index contributed by atoms with van der Waals surface area (Å²) in [5, 5.41) is 0.742. The zero-order chi connectivity index (χ0) is 22.2. The van der Waals surface area contributed by atoms with E-state index in [2.05, 4.69) is 49.4 Å². The van der Waals surface area contributed by atoms with E-state index < -0.39 is 0 Å². The van der Waals surface area contributed by atoms with Crippen molar-refractivity contribution < 1.29 is 9.47 Å². The van der Waals surface area contributed by atoms with Gasteiger partial charge in [-0.1, -0.05) is 73.1 Å². The Morgan fingerprint density at radius 1 is 0.875 bits per heavy atom. The first kappa shape index (κ1) is 22.6. The van der Waals surface area contributed by atoms with E-state index in [1.165, 1.54) is 22.3 Å². The molecule has 0 heterocycles. The minimum Gasteiger partial charge on any atom is -0.486 e. The van der Waals surface area contributed by atoms with Gasteiger partial charge in [0, 0.05) is 17.0 Å². The Hall–Kier alpha value is -2.55.